The SMILES string of the molecule is C#CCC(C)N1CC(C)NCC1c1ccccc1. The Morgan fingerprint density at radius 2 is 2.17 bits per heavy atom. The topological polar surface area (TPSA) is 15.3 Å². The van der Waals surface area contributed by atoms with Crippen LogP contribution < -0.4 is 5.32 Å². The molecule has 0 radical (unpaired) electrons. The van der Waals surface area contributed by atoms with Gasteiger partial charge in [0.2, 0.25) is 0 Å². The van der Waals surface area contributed by atoms with Gasteiger partial charge in [0.05, 0.1) is 0 Å². The Labute approximate surface area is 110 Å². The molecule has 0 amide bonds. The van der Waals surface area contributed by atoms with Crippen LogP contribution in [0.3, 0.4) is 0 Å². The van der Waals surface area contributed by atoms with Crippen molar-refractivity contribution in [2.45, 2.75) is 38.4 Å². The molecule has 1 aromatic carbocycles. The zero-order chi connectivity index (χ0) is 13.0. The average molecular weight is 242 g/mol. The maximum Gasteiger partial charge on any atom is 0.0476 e. The normalized spacial score (nSPS) is 26.5. The van der Waals surface area contributed by atoms with Crippen molar-refractivity contribution < 1.29 is 0 Å². The number of rotatable bonds is 3. The summed E-state index contributed by atoms with van der Waals surface area (Å²) in [7, 11) is 0. The number of hydrogen-bond acceptors (Lipinski definition) is 2. The van der Waals surface area contributed by atoms with Crippen LogP contribution in [0.25, 0.3) is 0 Å². The fourth-order valence-electron chi connectivity index (χ4n) is 2.70. The Morgan fingerprint density at radius 1 is 1.44 bits per heavy atom. The molecule has 3 atom stereocenters. The zero-order valence-corrected chi connectivity index (χ0v) is 11.3. The summed E-state index contributed by atoms with van der Waals surface area (Å²) in [4.78, 5) is 2.54. The molecule has 3 unspecified atom stereocenters. The van der Waals surface area contributed by atoms with Gasteiger partial charge in [-0.3, -0.25) is 4.90 Å². The van der Waals surface area contributed by atoms with E-state index in [0.29, 0.717) is 18.1 Å². The Morgan fingerprint density at radius 3 is 2.83 bits per heavy atom. The molecule has 2 heteroatoms. The lowest BCUT2D eigenvalue weighted by Gasteiger charge is -2.42. The molecule has 0 spiro atoms. The fraction of sp³-hybridized carbons (Fsp3) is 0.500. The third-order valence-electron chi connectivity index (χ3n) is 3.71. The number of piperazine rings is 1. The molecule has 1 saturated heterocycles. The molecule has 1 N–H and O–H groups in total. The van der Waals surface area contributed by atoms with Crippen LogP contribution >= 0.6 is 0 Å². The van der Waals surface area contributed by atoms with Crippen molar-refractivity contribution in [1.29, 1.82) is 0 Å². The summed E-state index contributed by atoms with van der Waals surface area (Å²) in [6.45, 7) is 6.52. The van der Waals surface area contributed by atoms with Crippen molar-refractivity contribution in [3.05, 3.63) is 35.9 Å². The largest absolute Gasteiger partial charge is 0.311 e. The summed E-state index contributed by atoms with van der Waals surface area (Å²) in [6.07, 6.45) is 6.28. The summed E-state index contributed by atoms with van der Waals surface area (Å²) < 4.78 is 0. The monoisotopic (exact) mass is 242 g/mol. The van der Waals surface area contributed by atoms with Gasteiger partial charge in [-0.2, -0.15) is 0 Å². The van der Waals surface area contributed by atoms with E-state index in [1.54, 1.807) is 0 Å². The molecule has 0 aliphatic carbocycles. The van der Waals surface area contributed by atoms with Crippen LogP contribution in [-0.4, -0.2) is 30.1 Å². The second kappa shape index (κ2) is 6.04. The van der Waals surface area contributed by atoms with E-state index >= 15 is 0 Å². The molecule has 0 aromatic heterocycles. The lowest BCUT2D eigenvalue weighted by atomic mass is 9.98. The predicted octanol–water partition coefficient (Wildman–Crippen LogP) is 2.43. The van der Waals surface area contributed by atoms with E-state index in [9.17, 15) is 0 Å². The van der Waals surface area contributed by atoms with E-state index < -0.39 is 0 Å². The molecule has 96 valence electrons. The molecule has 1 aliphatic heterocycles. The molecular formula is C16H22N2. The van der Waals surface area contributed by atoms with Gasteiger partial charge in [-0.05, 0) is 19.4 Å². The van der Waals surface area contributed by atoms with Gasteiger partial charge in [0.15, 0.2) is 0 Å². The lowest BCUT2D eigenvalue weighted by Crippen LogP contribution is -2.53. The van der Waals surface area contributed by atoms with E-state index in [-0.39, 0.29) is 0 Å². The first-order valence-corrected chi connectivity index (χ1v) is 6.70. The van der Waals surface area contributed by atoms with Crippen LogP contribution in [0.1, 0.15) is 31.9 Å². The second-order valence-electron chi connectivity index (χ2n) is 5.19. The minimum Gasteiger partial charge on any atom is -0.311 e. The smallest absolute Gasteiger partial charge is 0.0476 e. The molecule has 1 fully saturated rings. The van der Waals surface area contributed by atoms with E-state index in [1.807, 2.05) is 0 Å². The Balaban J connectivity index is 2.18. The minimum absolute atomic E-state index is 0.435. The van der Waals surface area contributed by atoms with Gasteiger partial charge in [0, 0.05) is 37.6 Å². The van der Waals surface area contributed by atoms with Crippen molar-refractivity contribution >= 4 is 0 Å². The predicted molar refractivity (Wildman–Crippen MR) is 76.3 cm³/mol. The Hall–Kier alpha value is -1.30. The first-order chi connectivity index (χ1) is 8.72. The van der Waals surface area contributed by atoms with E-state index in [1.165, 1.54) is 5.56 Å². The highest BCUT2D eigenvalue weighted by atomic mass is 15.2. The third kappa shape index (κ3) is 2.93. The summed E-state index contributed by atoms with van der Waals surface area (Å²) >= 11 is 0. The molecule has 1 aliphatic rings. The first-order valence-electron chi connectivity index (χ1n) is 6.70. The van der Waals surface area contributed by atoms with Gasteiger partial charge in [0.25, 0.3) is 0 Å². The van der Waals surface area contributed by atoms with Crippen molar-refractivity contribution in [2.24, 2.45) is 0 Å². The molecule has 1 aromatic rings. The number of nitrogens with zero attached hydrogens (tertiary/aromatic N) is 1. The standard InChI is InChI=1S/C16H22N2/c1-4-8-14(3)18-12-13(2)17-11-16(18)15-9-6-5-7-10-15/h1,5-7,9-10,13-14,16-17H,8,11-12H2,2-3H3. The number of terminal acetylenes is 1. The highest BCUT2D eigenvalue weighted by Crippen LogP contribution is 2.26. The Kier molecular flexibility index (Phi) is 4.41. The zero-order valence-electron chi connectivity index (χ0n) is 11.3. The summed E-state index contributed by atoms with van der Waals surface area (Å²) in [5, 5.41) is 3.56. The average Bonchev–Trinajstić information content (AvgIpc) is 2.40. The van der Waals surface area contributed by atoms with Crippen LogP contribution in [0.4, 0.5) is 0 Å². The molecule has 2 rings (SSSR count). The van der Waals surface area contributed by atoms with Crippen molar-refractivity contribution in [3.63, 3.8) is 0 Å². The lowest BCUT2D eigenvalue weighted by molar-refractivity contribution is 0.0951. The van der Waals surface area contributed by atoms with Crippen molar-refractivity contribution in [1.82, 2.24) is 10.2 Å². The fourth-order valence-corrected chi connectivity index (χ4v) is 2.70. The van der Waals surface area contributed by atoms with Gasteiger partial charge in [-0.1, -0.05) is 30.3 Å². The maximum atomic E-state index is 5.46. The van der Waals surface area contributed by atoms with E-state index in [4.69, 9.17) is 6.42 Å². The summed E-state index contributed by atoms with van der Waals surface area (Å²) in [6, 6.07) is 12.1. The van der Waals surface area contributed by atoms with Crippen LogP contribution in [0.2, 0.25) is 0 Å². The molecule has 2 nitrogen and oxygen atoms in total. The van der Waals surface area contributed by atoms with E-state index in [2.05, 4.69) is 60.3 Å². The highest BCUT2D eigenvalue weighted by molar-refractivity contribution is 5.20. The van der Waals surface area contributed by atoms with Crippen LogP contribution in [0, 0.1) is 12.3 Å². The van der Waals surface area contributed by atoms with Gasteiger partial charge in [-0.25, -0.2) is 0 Å². The van der Waals surface area contributed by atoms with Crippen LogP contribution in [0.5, 0.6) is 0 Å². The molecule has 0 bridgehead atoms. The maximum absolute atomic E-state index is 5.46. The third-order valence-corrected chi connectivity index (χ3v) is 3.71. The summed E-state index contributed by atoms with van der Waals surface area (Å²) in [5.74, 6) is 2.79. The second-order valence-corrected chi connectivity index (χ2v) is 5.19. The summed E-state index contributed by atoms with van der Waals surface area (Å²) in [5.41, 5.74) is 1.38. The van der Waals surface area contributed by atoms with Crippen LogP contribution in [0.15, 0.2) is 30.3 Å². The minimum atomic E-state index is 0.435. The molecule has 1 heterocycles. The number of nitrogens with one attached hydrogen (secondary N) is 1. The molecule has 0 saturated carbocycles. The van der Waals surface area contributed by atoms with Crippen molar-refractivity contribution in [3.8, 4) is 12.3 Å². The number of hydrogen-bond donors (Lipinski definition) is 1. The first kappa shape index (κ1) is 13.1. The number of benzene rings is 1. The van der Waals surface area contributed by atoms with Crippen molar-refractivity contribution in [2.75, 3.05) is 13.1 Å². The Bertz CT molecular complexity index is 407. The molecular weight excluding hydrogens is 220 g/mol. The quantitative estimate of drug-likeness (QED) is 0.819. The molecule has 18 heavy (non-hydrogen) atoms. The van der Waals surface area contributed by atoms with Gasteiger partial charge < -0.3 is 5.32 Å². The van der Waals surface area contributed by atoms with Gasteiger partial charge in [-0.15, -0.1) is 12.3 Å². The van der Waals surface area contributed by atoms with E-state index in [0.717, 1.165) is 19.5 Å². The van der Waals surface area contributed by atoms with Crippen LogP contribution in [-0.2, 0) is 0 Å². The van der Waals surface area contributed by atoms with Gasteiger partial charge >= 0.3 is 0 Å². The highest BCUT2D eigenvalue weighted by Gasteiger charge is 2.29. The van der Waals surface area contributed by atoms with Gasteiger partial charge in [0.1, 0.15) is 0 Å².